The molecule has 0 saturated carbocycles. The summed E-state index contributed by atoms with van der Waals surface area (Å²) in [6.07, 6.45) is 6.36. The van der Waals surface area contributed by atoms with E-state index in [0.717, 1.165) is 24.0 Å². The zero-order chi connectivity index (χ0) is 20.9. The van der Waals surface area contributed by atoms with Gasteiger partial charge in [0, 0.05) is 24.6 Å². The molecule has 0 saturated heterocycles. The Balaban J connectivity index is 1.58. The fourth-order valence-electron chi connectivity index (χ4n) is 5.48. The molecule has 1 atom stereocenters. The third-order valence-corrected chi connectivity index (χ3v) is 7.34. The molecule has 148 valence electrons. The summed E-state index contributed by atoms with van der Waals surface area (Å²) >= 11 is 0. The molecule has 0 N–H and O–H groups in total. The van der Waals surface area contributed by atoms with Gasteiger partial charge in [0.05, 0.1) is 17.2 Å². The zero-order valence-corrected chi connectivity index (χ0v) is 17.8. The summed E-state index contributed by atoms with van der Waals surface area (Å²) < 4.78 is 0. The lowest BCUT2D eigenvalue weighted by Gasteiger charge is -2.46. The van der Waals surface area contributed by atoms with Gasteiger partial charge in [-0.15, -0.1) is 0 Å². The summed E-state index contributed by atoms with van der Waals surface area (Å²) in [6, 6.07) is 25.9. The number of anilines is 1. The Morgan fingerprint density at radius 3 is 2.47 bits per heavy atom. The highest BCUT2D eigenvalue weighted by molar-refractivity contribution is 5.73. The predicted molar refractivity (Wildman–Crippen MR) is 124 cm³/mol. The summed E-state index contributed by atoms with van der Waals surface area (Å²) in [6.45, 7) is 4.69. The lowest BCUT2D eigenvalue weighted by atomic mass is 9.65. The van der Waals surface area contributed by atoms with E-state index in [9.17, 15) is 5.26 Å². The van der Waals surface area contributed by atoms with E-state index in [0.29, 0.717) is 0 Å². The van der Waals surface area contributed by atoms with Crippen molar-refractivity contribution >= 4 is 11.8 Å². The molecule has 0 amide bonds. The highest BCUT2D eigenvalue weighted by Crippen LogP contribution is 2.54. The molecule has 0 aromatic heterocycles. The first-order valence-electron chi connectivity index (χ1n) is 10.6. The van der Waals surface area contributed by atoms with E-state index in [-0.39, 0.29) is 11.0 Å². The lowest BCUT2D eigenvalue weighted by molar-refractivity contribution is 0.330. The molecule has 2 aliphatic rings. The Hall–Kier alpha value is -3.31. The number of rotatable bonds is 2. The Morgan fingerprint density at radius 2 is 1.73 bits per heavy atom. The maximum atomic E-state index is 9.87. The molecule has 5 rings (SSSR count). The van der Waals surface area contributed by atoms with Gasteiger partial charge in [-0.3, -0.25) is 0 Å². The Labute approximate surface area is 179 Å². The zero-order valence-electron chi connectivity index (χ0n) is 17.8. The van der Waals surface area contributed by atoms with E-state index in [2.05, 4.69) is 105 Å². The van der Waals surface area contributed by atoms with Crippen LogP contribution in [-0.4, -0.2) is 12.6 Å². The minimum Gasteiger partial charge on any atom is -0.364 e. The molecule has 3 aromatic rings. The molecule has 0 fully saturated rings. The number of nitriles is 1. The predicted octanol–water partition coefficient (Wildman–Crippen LogP) is 5.88. The SMILES string of the molecule is CN1c2ccccc2C(C)(C)C12C=Cc1cc(Cc3ccccc3)c(C#N)cc1C2. The van der Waals surface area contributed by atoms with Crippen LogP contribution < -0.4 is 4.90 Å². The summed E-state index contributed by atoms with van der Waals surface area (Å²) in [4.78, 5) is 2.44. The van der Waals surface area contributed by atoms with E-state index in [1.54, 1.807) is 0 Å². The fourth-order valence-corrected chi connectivity index (χ4v) is 5.48. The van der Waals surface area contributed by atoms with Gasteiger partial charge in [-0.05, 0) is 52.4 Å². The quantitative estimate of drug-likeness (QED) is 0.546. The Morgan fingerprint density at radius 1 is 1.00 bits per heavy atom. The maximum Gasteiger partial charge on any atom is 0.0994 e. The summed E-state index contributed by atoms with van der Waals surface area (Å²) in [5.74, 6) is 0. The molecule has 0 radical (unpaired) electrons. The van der Waals surface area contributed by atoms with Crippen molar-refractivity contribution in [3.63, 3.8) is 0 Å². The topological polar surface area (TPSA) is 27.0 Å². The van der Waals surface area contributed by atoms with E-state index >= 15 is 0 Å². The lowest BCUT2D eigenvalue weighted by Crippen LogP contribution is -2.55. The number of likely N-dealkylation sites (N-methyl/N-ethyl adjacent to an activating group) is 1. The smallest absolute Gasteiger partial charge is 0.0994 e. The second-order valence-corrected chi connectivity index (χ2v) is 9.12. The van der Waals surface area contributed by atoms with Crippen molar-refractivity contribution in [2.45, 2.75) is 37.6 Å². The van der Waals surface area contributed by atoms with Crippen LogP contribution in [0.4, 0.5) is 5.69 Å². The van der Waals surface area contributed by atoms with Crippen LogP contribution in [0.3, 0.4) is 0 Å². The number of hydrogen-bond acceptors (Lipinski definition) is 2. The van der Waals surface area contributed by atoms with Crippen molar-refractivity contribution < 1.29 is 0 Å². The van der Waals surface area contributed by atoms with Gasteiger partial charge in [0.15, 0.2) is 0 Å². The van der Waals surface area contributed by atoms with Crippen molar-refractivity contribution in [3.8, 4) is 6.07 Å². The van der Waals surface area contributed by atoms with Gasteiger partial charge in [-0.2, -0.15) is 5.26 Å². The van der Waals surface area contributed by atoms with Gasteiger partial charge in [0.25, 0.3) is 0 Å². The monoisotopic (exact) mass is 390 g/mol. The average molecular weight is 391 g/mol. The van der Waals surface area contributed by atoms with Crippen molar-refractivity contribution in [2.24, 2.45) is 0 Å². The van der Waals surface area contributed by atoms with Gasteiger partial charge < -0.3 is 4.90 Å². The Bertz CT molecular complexity index is 1200. The van der Waals surface area contributed by atoms with E-state index in [1.165, 1.54) is 27.9 Å². The third-order valence-electron chi connectivity index (χ3n) is 7.34. The molecule has 1 unspecified atom stereocenters. The minimum atomic E-state index is -0.128. The van der Waals surface area contributed by atoms with Crippen LogP contribution in [0.15, 0.2) is 72.8 Å². The van der Waals surface area contributed by atoms with Gasteiger partial charge >= 0.3 is 0 Å². The van der Waals surface area contributed by atoms with Crippen molar-refractivity contribution in [1.29, 1.82) is 5.26 Å². The van der Waals surface area contributed by atoms with Crippen LogP contribution in [0, 0.1) is 11.3 Å². The minimum absolute atomic E-state index is 0.0257. The third kappa shape index (κ3) is 2.55. The van der Waals surface area contributed by atoms with Crippen LogP contribution in [0.25, 0.3) is 6.08 Å². The number of nitrogens with zero attached hydrogens (tertiary/aromatic N) is 2. The van der Waals surface area contributed by atoms with E-state index < -0.39 is 0 Å². The van der Waals surface area contributed by atoms with Crippen LogP contribution in [0.2, 0.25) is 0 Å². The first-order chi connectivity index (χ1) is 14.5. The second-order valence-electron chi connectivity index (χ2n) is 9.12. The van der Waals surface area contributed by atoms with Gasteiger partial charge in [-0.1, -0.05) is 74.5 Å². The molecule has 1 spiro atoms. The normalized spacial score (nSPS) is 20.7. The molecule has 1 aliphatic carbocycles. The molecular formula is C28H26N2. The van der Waals surface area contributed by atoms with Gasteiger partial charge in [0.2, 0.25) is 0 Å². The van der Waals surface area contributed by atoms with Gasteiger partial charge in [0.1, 0.15) is 0 Å². The maximum absolute atomic E-state index is 9.87. The largest absolute Gasteiger partial charge is 0.364 e. The van der Waals surface area contributed by atoms with Crippen molar-refractivity contribution in [2.75, 3.05) is 11.9 Å². The van der Waals surface area contributed by atoms with Crippen molar-refractivity contribution in [3.05, 3.63) is 106 Å². The highest BCUT2D eigenvalue weighted by Gasteiger charge is 2.54. The number of para-hydroxylation sites is 1. The summed E-state index contributed by atoms with van der Waals surface area (Å²) in [5.41, 5.74) is 8.17. The highest BCUT2D eigenvalue weighted by atomic mass is 15.2. The molecule has 1 aliphatic heterocycles. The molecule has 1 heterocycles. The number of fused-ring (bicyclic) bond motifs is 2. The number of hydrogen-bond donors (Lipinski definition) is 0. The molecule has 2 nitrogen and oxygen atoms in total. The Kier molecular flexibility index (Phi) is 4.12. The molecule has 3 aromatic carbocycles. The second kappa shape index (κ2) is 6.61. The van der Waals surface area contributed by atoms with Crippen LogP contribution in [-0.2, 0) is 18.3 Å². The first kappa shape index (κ1) is 18.7. The molecular weight excluding hydrogens is 364 g/mol. The van der Waals surface area contributed by atoms with Crippen LogP contribution in [0.1, 0.15) is 47.2 Å². The number of benzene rings is 3. The standard InChI is InChI=1S/C28H26N2/c1-27(2)25-11-7-8-12-26(25)30(3)28(27)14-13-21-16-22(15-20-9-5-4-6-10-20)24(19-29)17-23(21)18-28/h4-14,16-17H,15,18H2,1-3H3. The average Bonchev–Trinajstić information content (AvgIpc) is 2.93. The van der Waals surface area contributed by atoms with E-state index in [4.69, 9.17) is 0 Å². The van der Waals surface area contributed by atoms with Gasteiger partial charge in [-0.25, -0.2) is 0 Å². The molecule has 2 heteroatoms. The summed E-state index contributed by atoms with van der Waals surface area (Å²) in [5, 5.41) is 9.87. The molecule has 0 bridgehead atoms. The van der Waals surface area contributed by atoms with Crippen molar-refractivity contribution in [1.82, 2.24) is 0 Å². The van der Waals surface area contributed by atoms with E-state index in [1.807, 2.05) is 6.07 Å². The summed E-state index contributed by atoms with van der Waals surface area (Å²) in [7, 11) is 2.21. The molecule has 30 heavy (non-hydrogen) atoms. The first-order valence-corrected chi connectivity index (χ1v) is 10.6. The fraction of sp³-hybridized carbons (Fsp3) is 0.250. The van der Waals surface area contributed by atoms with Crippen LogP contribution in [0.5, 0.6) is 0 Å². The van der Waals surface area contributed by atoms with Crippen LogP contribution >= 0.6 is 0 Å².